The molecule has 0 bridgehead atoms. The van der Waals surface area contributed by atoms with Crippen LogP contribution in [0.1, 0.15) is 69.5 Å². The van der Waals surface area contributed by atoms with Crippen molar-refractivity contribution < 1.29 is 0 Å². The van der Waals surface area contributed by atoms with Crippen LogP contribution in [0.25, 0.3) is 0 Å². The molecule has 0 spiro atoms. The number of nitrogens with zero attached hydrogens (tertiary/aromatic N) is 1. The van der Waals surface area contributed by atoms with Gasteiger partial charge in [-0.2, -0.15) is 0 Å². The van der Waals surface area contributed by atoms with Gasteiger partial charge in [0, 0.05) is 11.3 Å². The molecule has 1 fully saturated rings. The summed E-state index contributed by atoms with van der Waals surface area (Å²) in [5.74, 6) is 0.753. The van der Waals surface area contributed by atoms with Crippen molar-refractivity contribution in [2.45, 2.75) is 65.2 Å². The Labute approximate surface area is 103 Å². The molecule has 0 aliphatic heterocycles. The molecule has 2 rings (SSSR count). The highest BCUT2D eigenvalue weighted by molar-refractivity contribution is 7.09. The Hall–Kier alpha value is -0.370. The summed E-state index contributed by atoms with van der Waals surface area (Å²) < 4.78 is 0. The predicted octanol–water partition coefficient (Wildman–Crippen LogP) is 4.78. The predicted molar refractivity (Wildman–Crippen MR) is 71.1 cm³/mol. The largest absolute Gasteiger partial charge is 0.246 e. The summed E-state index contributed by atoms with van der Waals surface area (Å²) in [4.78, 5) is 4.79. The van der Waals surface area contributed by atoms with Gasteiger partial charge in [-0.3, -0.25) is 0 Å². The summed E-state index contributed by atoms with van der Waals surface area (Å²) in [5, 5.41) is 3.66. The first-order valence-corrected chi connectivity index (χ1v) is 7.43. The molecule has 1 heterocycles. The summed E-state index contributed by atoms with van der Waals surface area (Å²) in [5.41, 5.74) is 1.88. The second-order valence-corrected chi connectivity index (χ2v) is 6.76. The van der Waals surface area contributed by atoms with Crippen molar-refractivity contribution >= 4 is 11.3 Å². The molecule has 1 aromatic rings. The molecular formula is C14H23NS. The molecule has 0 saturated heterocycles. The minimum absolute atomic E-state index is 0.569. The molecule has 0 aromatic carbocycles. The molecule has 1 aromatic heterocycles. The van der Waals surface area contributed by atoms with Crippen LogP contribution in [-0.2, 0) is 6.42 Å². The number of thiazole rings is 1. The van der Waals surface area contributed by atoms with Crippen LogP contribution in [0.2, 0.25) is 0 Å². The van der Waals surface area contributed by atoms with Gasteiger partial charge in [0.05, 0.1) is 10.7 Å². The van der Waals surface area contributed by atoms with E-state index in [1.807, 2.05) is 11.3 Å². The topological polar surface area (TPSA) is 12.9 Å². The summed E-state index contributed by atoms with van der Waals surface area (Å²) in [6.45, 7) is 7.02. The third-order valence-electron chi connectivity index (χ3n) is 3.76. The van der Waals surface area contributed by atoms with Crippen LogP contribution in [-0.4, -0.2) is 4.98 Å². The average Bonchev–Trinajstić information content (AvgIpc) is 2.67. The lowest BCUT2D eigenvalue weighted by Gasteiger charge is -2.33. The molecule has 1 aliphatic rings. The molecule has 1 saturated carbocycles. The number of aryl methyl sites for hydroxylation is 1. The standard InChI is InChI=1S/C14H23NS/c1-4-5-12-10-16-13(15-12)11-6-8-14(2,3)9-7-11/h10-11H,4-9H2,1-3H3. The van der Waals surface area contributed by atoms with E-state index in [2.05, 4.69) is 26.2 Å². The molecule has 0 radical (unpaired) electrons. The van der Waals surface area contributed by atoms with Crippen molar-refractivity contribution in [3.63, 3.8) is 0 Å². The van der Waals surface area contributed by atoms with Gasteiger partial charge in [-0.15, -0.1) is 11.3 Å². The lowest BCUT2D eigenvalue weighted by Crippen LogP contribution is -2.20. The normalized spacial score (nSPS) is 21.2. The lowest BCUT2D eigenvalue weighted by atomic mass is 9.73. The zero-order chi connectivity index (χ0) is 11.6. The molecule has 90 valence electrons. The fourth-order valence-electron chi connectivity index (χ4n) is 2.53. The van der Waals surface area contributed by atoms with E-state index in [0.717, 1.165) is 12.3 Å². The van der Waals surface area contributed by atoms with Crippen LogP contribution < -0.4 is 0 Å². The number of rotatable bonds is 3. The van der Waals surface area contributed by atoms with E-state index in [-0.39, 0.29) is 0 Å². The Morgan fingerprint density at radius 1 is 1.38 bits per heavy atom. The molecular weight excluding hydrogens is 214 g/mol. The number of hydrogen-bond donors (Lipinski definition) is 0. The van der Waals surface area contributed by atoms with Gasteiger partial charge in [0.2, 0.25) is 0 Å². The first-order chi connectivity index (χ1) is 7.61. The fourth-order valence-corrected chi connectivity index (χ4v) is 3.55. The third kappa shape index (κ3) is 2.85. The lowest BCUT2D eigenvalue weighted by molar-refractivity contribution is 0.224. The van der Waals surface area contributed by atoms with Crippen LogP contribution in [0.15, 0.2) is 5.38 Å². The molecule has 0 amide bonds. The van der Waals surface area contributed by atoms with Gasteiger partial charge < -0.3 is 0 Å². The Balaban J connectivity index is 1.97. The highest BCUT2D eigenvalue weighted by Gasteiger charge is 2.28. The number of hydrogen-bond acceptors (Lipinski definition) is 2. The molecule has 0 atom stereocenters. The van der Waals surface area contributed by atoms with E-state index >= 15 is 0 Å². The zero-order valence-electron chi connectivity index (χ0n) is 10.8. The summed E-state index contributed by atoms with van der Waals surface area (Å²) in [6, 6.07) is 0. The van der Waals surface area contributed by atoms with Crippen LogP contribution in [0.3, 0.4) is 0 Å². The van der Waals surface area contributed by atoms with Gasteiger partial charge in [0.25, 0.3) is 0 Å². The Kier molecular flexibility index (Phi) is 3.68. The molecule has 2 heteroatoms. The molecule has 0 N–H and O–H groups in total. The minimum Gasteiger partial charge on any atom is -0.246 e. The van der Waals surface area contributed by atoms with E-state index in [1.165, 1.54) is 42.8 Å². The van der Waals surface area contributed by atoms with E-state index in [9.17, 15) is 0 Å². The Morgan fingerprint density at radius 3 is 2.69 bits per heavy atom. The highest BCUT2D eigenvalue weighted by Crippen LogP contribution is 2.42. The number of aromatic nitrogens is 1. The van der Waals surface area contributed by atoms with Crippen molar-refractivity contribution in [3.05, 3.63) is 16.1 Å². The average molecular weight is 237 g/mol. The quantitative estimate of drug-likeness (QED) is 0.737. The second kappa shape index (κ2) is 4.87. The van der Waals surface area contributed by atoms with Crippen molar-refractivity contribution in [1.29, 1.82) is 0 Å². The van der Waals surface area contributed by atoms with E-state index in [4.69, 9.17) is 4.98 Å². The molecule has 0 unspecified atom stereocenters. The van der Waals surface area contributed by atoms with Gasteiger partial charge in [-0.25, -0.2) is 4.98 Å². The molecule has 16 heavy (non-hydrogen) atoms. The second-order valence-electron chi connectivity index (χ2n) is 5.87. The van der Waals surface area contributed by atoms with Gasteiger partial charge in [0.15, 0.2) is 0 Å². The fraction of sp³-hybridized carbons (Fsp3) is 0.786. The van der Waals surface area contributed by atoms with Gasteiger partial charge in [0.1, 0.15) is 0 Å². The van der Waals surface area contributed by atoms with Crippen molar-refractivity contribution in [2.75, 3.05) is 0 Å². The Bertz CT molecular complexity index is 330. The molecule has 1 nitrogen and oxygen atoms in total. The Morgan fingerprint density at radius 2 is 2.06 bits per heavy atom. The summed E-state index contributed by atoms with van der Waals surface area (Å²) in [6.07, 6.45) is 7.76. The van der Waals surface area contributed by atoms with Crippen molar-refractivity contribution in [3.8, 4) is 0 Å². The maximum absolute atomic E-state index is 4.79. The first-order valence-electron chi connectivity index (χ1n) is 6.55. The smallest absolute Gasteiger partial charge is 0.0959 e. The summed E-state index contributed by atoms with van der Waals surface area (Å²) in [7, 11) is 0. The van der Waals surface area contributed by atoms with E-state index < -0.39 is 0 Å². The van der Waals surface area contributed by atoms with Gasteiger partial charge in [-0.1, -0.05) is 27.2 Å². The maximum Gasteiger partial charge on any atom is 0.0959 e. The van der Waals surface area contributed by atoms with E-state index in [0.29, 0.717) is 5.41 Å². The van der Waals surface area contributed by atoms with E-state index in [1.54, 1.807) is 0 Å². The minimum atomic E-state index is 0.569. The van der Waals surface area contributed by atoms with Crippen molar-refractivity contribution in [1.82, 2.24) is 4.98 Å². The van der Waals surface area contributed by atoms with Gasteiger partial charge in [-0.05, 0) is 37.5 Å². The summed E-state index contributed by atoms with van der Waals surface area (Å²) >= 11 is 1.89. The van der Waals surface area contributed by atoms with Crippen LogP contribution in [0, 0.1) is 5.41 Å². The zero-order valence-corrected chi connectivity index (χ0v) is 11.6. The SMILES string of the molecule is CCCc1csc(C2CCC(C)(C)CC2)n1. The van der Waals surface area contributed by atoms with Crippen molar-refractivity contribution in [2.24, 2.45) is 5.41 Å². The monoisotopic (exact) mass is 237 g/mol. The van der Waals surface area contributed by atoms with Gasteiger partial charge >= 0.3 is 0 Å². The van der Waals surface area contributed by atoms with Crippen LogP contribution >= 0.6 is 11.3 Å². The molecule has 1 aliphatic carbocycles. The third-order valence-corrected chi connectivity index (χ3v) is 4.82. The first kappa shape index (κ1) is 12.1. The maximum atomic E-state index is 4.79. The highest BCUT2D eigenvalue weighted by atomic mass is 32.1. The van der Waals surface area contributed by atoms with Crippen LogP contribution in [0.5, 0.6) is 0 Å². The van der Waals surface area contributed by atoms with Crippen LogP contribution in [0.4, 0.5) is 0 Å².